The average Bonchev–Trinajstić information content (AvgIpc) is 3.12. The smallest absolute Gasteiger partial charge is 0.255 e. The van der Waals surface area contributed by atoms with Crippen molar-refractivity contribution >= 4 is 11.7 Å². The highest BCUT2D eigenvalue weighted by molar-refractivity contribution is 5.99. The number of nitrogens with one attached hydrogen (secondary N) is 1. The zero-order valence-corrected chi connectivity index (χ0v) is 19.9. The lowest BCUT2D eigenvalue weighted by atomic mass is 9.58. The van der Waals surface area contributed by atoms with Gasteiger partial charge in [0.2, 0.25) is 0 Å². The molecule has 2 saturated carbocycles. The van der Waals surface area contributed by atoms with Crippen molar-refractivity contribution in [2.45, 2.75) is 62.1 Å². The lowest BCUT2D eigenvalue weighted by molar-refractivity contribution is 0.0868. The number of amides is 1. The Hall–Kier alpha value is -2.58. The van der Waals surface area contributed by atoms with Crippen LogP contribution in [0.2, 0.25) is 0 Å². The second-order valence-corrected chi connectivity index (χ2v) is 10.5. The van der Waals surface area contributed by atoms with Crippen molar-refractivity contribution in [1.29, 1.82) is 0 Å². The normalized spacial score (nSPS) is 28.5. The van der Waals surface area contributed by atoms with Crippen LogP contribution in [0.5, 0.6) is 0 Å². The molecule has 2 aromatic rings. The first-order valence-electron chi connectivity index (χ1n) is 12.6. The number of benzene rings is 1. The van der Waals surface area contributed by atoms with Crippen molar-refractivity contribution in [2.24, 2.45) is 5.92 Å². The third kappa shape index (κ3) is 4.54. The number of alkyl halides is 2. The van der Waals surface area contributed by atoms with Crippen LogP contribution < -0.4 is 11.1 Å². The molecule has 35 heavy (non-hydrogen) atoms. The molecule has 2 atom stereocenters. The molecule has 0 bridgehead atoms. The maximum Gasteiger partial charge on any atom is 0.255 e. The van der Waals surface area contributed by atoms with Gasteiger partial charge in [-0.05, 0) is 61.6 Å². The van der Waals surface area contributed by atoms with Crippen LogP contribution in [0.15, 0.2) is 36.5 Å². The van der Waals surface area contributed by atoms with Crippen LogP contribution in [0.3, 0.4) is 0 Å². The van der Waals surface area contributed by atoms with E-state index < -0.39 is 19.4 Å². The molecule has 1 aromatic carbocycles. The second kappa shape index (κ2) is 9.82. The average molecular weight is 485 g/mol. The van der Waals surface area contributed by atoms with E-state index in [0.29, 0.717) is 30.9 Å². The predicted octanol–water partition coefficient (Wildman–Crippen LogP) is 3.64. The first kappa shape index (κ1) is 24.1. The summed E-state index contributed by atoms with van der Waals surface area (Å²) in [5.74, 6) is 0.381. The zero-order chi connectivity index (χ0) is 24.6. The molecule has 6 nitrogen and oxygen atoms in total. The quantitative estimate of drug-likeness (QED) is 0.558. The van der Waals surface area contributed by atoms with Crippen molar-refractivity contribution in [3.8, 4) is 11.1 Å². The zero-order valence-electron chi connectivity index (χ0n) is 19.9. The summed E-state index contributed by atoms with van der Waals surface area (Å²) >= 11 is 0. The number of carbonyl (C=O) groups excluding carboxylic acids is 1. The van der Waals surface area contributed by atoms with Gasteiger partial charge in [-0.3, -0.25) is 9.69 Å². The first-order valence-corrected chi connectivity index (χ1v) is 12.6. The number of rotatable bonds is 7. The number of aromatic nitrogens is 1. The van der Waals surface area contributed by atoms with Crippen LogP contribution in [0.25, 0.3) is 11.1 Å². The highest BCUT2D eigenvalue weighted by Gasteiger charge is 2.54. The van der Waals surface area contributed by atoms with Crippen molar-refractivity contribution in [3.63, 3.8) is 0 Å². The highest BCUT2D eigenvalue weighted by atomic mass is 19.1. The summed E-state index contributed by atoms with van der Waals surface area (Å²) in [6.07, 6.45) is 6.39. The summed E-state index contributed by atoms with van der Waals surface area (Å²) in [4.78, 5) is 19.1. The molecule has 0 radical (unpaired) electrons. The molecule has 2 heterocycles. The Morgan fingerprint density at radius 2 is 1.86 bits per heavy atom. The number of aliphatic hydroxyl groups is 1. The first-order chi connectivity index (χ1) is 16.9. The number of likely N-dealkylation sites (tertiary alicyclic amines) is 1. The summed E-state index contributed by atoms with van der Waals surface area (Å²) in [6.45, 7) is 0.143. The van der Waals surface area contributed by atoms with Crippen LogP contribution >= 0.6 is 0 Å². The number of nitrogens with two attached hydrogens (primary N) is 1. The summed E-state index contributed by atoms with van der Waals surface area (Å²) in [6, 6.07) is 9.44. The van der Waals surface area contributed by atoms with E-state index >= 15 is 0 Å². The van der Waals surface area contributed by atoms with E-state index in [1.807, 2.05) is 17.0 Å². The monoisotopic (exact) mass is 484 g/mol. The molecule has 1 saturated heterocycles. The van der Waals surface area contributed by atoms with Crippen molar-refractivity contribution in [1.82, 2.24) is 15.2 Å². The Labute approximate surface area is 204 Å². The van der Waals surface area contributed by atoms with E-state index in [1.165, 1.54) is 5.56 Å². The van der Waals surface area contributed by atoms with Crippen molar-refractivity contribution in [2.75, 3.05) is 32.2 Å². The molecule has 188 valence electrons. The van der Waals surface area contributed by atoms with Crippen LogP contribution in [0.4, 0.5) is 14.6 Å². The van der Waals surface area contributed by atoms with Crippen LogP contribution in [0, 0.1) is 5.92 Å². The van der Waals surface area contributed by atoms with Gasteiger partial charge in [0.1, 0.15) is 19.2 Å². The highest BCUT2D eigenvalue weighted by Crippen LogP contribution is 2.54. The van der Waals surface area contributed by atoms with Gasteiger partial charge in [-0.15, -0.1) is 0 Å². The molecular weight excluding hydrogens is 450 g/mol. The van der Waals surface area contributed by atoms with E-state index in [-0.39, 0.29) is 29.3 Å². The molecule has 1 aromatic heterocycles. The van der Waals surface area contributed by atoms with E-state index in [2.05, 4.69) is 22.4 Å². The van der Waals surface area contributed by atoms with Gasteiger partial charge in [-0.2, -0.15) is 0 Å². The summed E-state index contributed by atoms with van der Waals surface area (Å²) in [5.41, 5.74) is 9.30. The van der Waals surface area contributed by atoms with Gasteiger partial charge >= 0.3 is 0 Å². The van der Waals surface area contributed by atoms with Crippen LogP contribution in [0.1, 0.15) is 54.4 Å². The topological polar surface area (TPSA) is 91.5 Å². The van der Waals surface area contributed by atoms with Crippen molar-refractivity contribution < 1.29 is 18.7 Å². The molecule has 0 spiro atoms. The van der Waals surface area contributed by atoms with Gasteiger partial charge in [0.05, 0.1) is 17.7 Å². The number of hydrogen-bond donors (Lipinski definition) is 3. The number of fused-ring (bicyclic) bond motifs is 1. The van der Waals surface area contributed by atoms with Crippen LogP contribution in [-0.4, -0.2) is 65.5 Å². The number of pyridine rings is 1. The number of nitrogen functional groups attached to an aromatic ring is 1. The molecule has 5 rings (SSSR count). The lowest BCUT2D eigenvalue weighted by Crippen LogP contribution is -2.44. The molecule has 3 aliphatic rings. The number of halogens is 2. The minimum absolute atomic E-state index is 0.0287. The maximum absolute atomic E-state index is 13.3. The van der Waals surface area contributed by atoms with Gasteiger partial charge in [0.15, 0.2) is 0 Å². The van der Waals surface area contributed by atoms with E-state index in [1.54, 1.807) is 12.3 Å². The van der Waals surface area contributed by atoms with Gasteiger partial charge in [-0.1, -0.05) is 24.3 Å². The van der Waals surface area contributed by atoms with E-state index in [0.717, 1.165) is 43.4 Å². The minimum atomic E-state index is -0.652. The Morgan fingerprint density at radius 3 is 2.49 bits per heavy atom. The van der Waals surface area contributed by atoms with Gasteiger partial charge < -0.3 is 16.2 Å². The third-order valence-electron chi connectivity index (χ3n) is 8.52. The number of carbonyl (C=O) groups is 1. The largest absolute Gasteiger partial charge is 0.393 e. The second-order valence-electron chi connectivity index (χ2n) is 10.5. The number of aliphatic hydroxyl groups excluding tert-OH is 1. The fraction of sp³-hybridized carbons (Fsp3) is 0.556. The number of nitrogens with zero attached hydrogens (tertiary/aromatic N) is 2. The van der Waals surface area contributed by atoms with Gasteiger partial charge in [0.25, 0.3) is 5.91 Å². The third-order valence-corrected chi connectivity index (χ3v) is 8.52. The Bertz CT molecular complexity index is 1050. The maximum atomic E-state index is 13.3. The molecule has 1 amide bonds. The molecular formula is C27H34F2N4O2. The summed E-state index contributed by atoms with van der Waals surface area (Å²) < 4.78 is 26.6. The SMILES string of the molecule is Nc1ncc(-c2ccc([C@@]34CC[C@@H]3CN(C(CF)CF)C4)cc2)cc1C(=O)NC1CCC(O)CC1. The lowest BCUT2D eigenvalue weighted by Gasteiger charge is -2.45. The standard InChI is InChI=1S/C27H34F2N4O2/c28-12-22(13-29)33-15-20-9-10-27(20,16-33)19-3-1-17(2-4-19)18-11-24(25(30)31-14-18)26(35)32-21-5-7-23(34)8-6-21/h1-4,11,14,20-23,34H,5-10,12-13,15-16H2,(H2,30,31)(H,32,35)/t20-,21?,23?,27+/m1/s1. The Kier molecular flexibility index (Phi) is 6.77. The molecule has 3 fully saturated rings. The molecule has 0 unspecified atom stereocenters. The molecule has 8 heteroatoms. The fourth-order valence-electron chi connectivity index (χ4n) is 6.16. The van der Waals surface area contributed by atoms with E-state index in [4.69, 9.17) is 5.73 Å². The molecule has 4 N–H and O–H groups in total. The van der Waals surface area contributed by atoms with Crippen LogP contribution in [-0.2, 0) is 5.41 Å². The Balaban J connectivity index is 1.31. The number of hydrogen-bond acceptors (Lipinski definition) is 5. The predicted molar refractivity (Wildman–Crippen MR) is 132 cm³/mol. The minimum Gasteiger partial charge on any atom is -0.393 e. The van der Waals surface area contributed by atoms with Gasteiger partial charge in [-0.25, -0.2) is 13.8 Å². The van der Waals surface area contributed by atoms with Crippen molar-refractivity contribution in [3.05, 3.63) is 47.7 Å². The fourth-order valence-corrected chi connectivity index (χ4v) is 6.16. The van der Waals surface area contributed by atoms with E-state index in [9.17, 15) is 18.7 Å². The Morgan fingerprint density at radius 1 is 1.14 bits per heavy atom. The van der Waals surface area contributed by atoms with Gasteiger partial charge in [0, 0.05) is 36.3 Å². The number of anilines is 1. The molecule has 2 aliphatic carbocycles. The summed E-state index contributed by atoms with van der Waals surface area (Å²) in [7, 11) is 0. The molecule has 1 aliphatic heterocycles. The summed E-state index contributed by atoms with van der Waals surface area (Å²) in [5, 5.41) is 12.7.